The number of nitrogens with zero attached hydrogens (tertiary/aromatic N) is 4. The summed E-state index contributed by atoms with van der Waals surface area (Å²) in [6.45, 7) is 9.23. The highest BCUT2D eigenvalue weighted by molar-refractivity contribution is 5.75. The Morgan fingerprint density at radius 3 is 1.92 bits per heavy atom. The van der Waals surface area contributed by atoms with Gasteiger partial charge in [0.05, 0.1) is 36.5 Å². The molecule has 0 aliphatic heterocycles. The van der Waals surface area contributed by atoms with Gasteiger partial charge in [0.1, 0.15) is 16.9 Å². The minimum Gasteiger partial charge on any atom is -0.496 e. The first kappa shape index (κ1) is 34.2. The molecule has 6 nitrogen and oxygen atoms in total. The van der Waals surface area contributed by atoms with Crippen LogP contribution in [-0.4, -0.2) is 33.7 Å². The van der Waals surface area contributed by atoms with E-state index in [4.69, 9.17) is 29.4 Å². The van der Waals surface area contributed by atoms with E-state index in [1.807, 2.05) is 86.9 Å². The van der Waals surface area contributed by atoms with Crippen molar-refractivity contribution in [1.82, 2.24) is 19.9 Å². The van der Waals surface area contributed by atoms with Gasteiger partial charge in [0.25, 0.3) is 0 Å². The molecule has 0 fully saturated rings. The Kier molecular flexibility index (Phi) is 11.9. The quantitative estimate of drug-likeness (QED) is 0.114. The van der Waals surface area contributed by atoms with Gasteiger partial charge < -0.3 is 9.47 Å². The SMILES string of the molecule is CC=Cc1cc(OC)c(C=Cc2ccc(C(c3ccccn3)(c3ccccn3)c3ccc(C)cn3)nc2)cc1OCC(CC)CCCC. The van der Waals surface area contributed by atoms with E-state index < -0.39 is 5.41 Å². The number of aromatic nitrogens is 4. The van der Waals surface area contributed by atoms with Crippen LogP contribution in [-0.2, 0) is 5.41 Å². The molecular formula is C42H46N4O2. The van der Waals surface area contributed by atoms with Gasteiger partial charge in [0.15, 0.2) is 0 Å². The standard InChI is InChI=1S/C42H46N4O2/c1-6-9-15-32(8-3)30-48-37-27-35(36(47-5)26-34(37)14-7-2)21-19-33-20-23-41(46-29-33)42(38-16-10-12-24-43-38,39-17-11-13-25-44-39)40-22-18-31(4)28-45-40/h7,10-14,16-29,32H,6,8-9,15,30H2,1-5H3. The van der Waals surface area contributed by atoms with Crippen LogP contribution in [0.2, 0.25) is 0 Å². The average Bonchev–Trinajstić information content (AvgIpc) is 3.14. The molecule has 1 unspecified atom stereocenters. The van der Waals surface area contributed by atoms with Crippen molar-refractivity contribution in [2.45, 2.75) is 58.8 Å². The maximum atomic E-state index is 6.45. The fourth-order valence-corrected chi connectivity index (χ4v) is 6.00. The molecule has 0 saturated heterocycles. The van der Waals surface area contributed by atoms with E-state index in [9.17, 15) is 0 Å². The van der Waals surface area contributed by atoms with Gasteiger partial charge >= 0.3 is 0 Å². The van der Waals surface area contributed by atoms with E-state index in [0.29, 0.717) is 12.5 Å². The minimum absolute atomic E-state index is 0.536. The third kappa shape index (κ3) is 7.71. The number of hydrogen-bond acceptors (Lipinski definition) is 6. The lowest BCUT2D eigenvalue weighted by atomic mass is 9.73. The molecule has 0 amide bonds. The summed E-state index contributed by atoms with van der Waals surface area (Å²) < 4.78 is 12.3. The highest BCUT2D eigenvalue weighted by atomic mass is 16.5. The summed E-state index contributed by atoms with van der Waals surface area (Å²) in [5, 5.41) is 0. The molecule has 0 N–H and O–H groups in total. The molecule has 0 radical (unpaired) electrons. The Balaban J connectivity index is 1.52. The van der Waals surface area contributed by atoms with Crippen molar-refractivity contribution < 1.29 is 9.47 Å². The number of pyridine rings is 4. The average molecular weight is 639 g/mol. The number of rotatable bonds is 15. The maximum Gasteiger partial charge on any atom is 0.138 e. The number of benzene rings is 1. The van der Waals surface area contributed by atoms with Crippen LogP contribution in [0.1, 0.15) is 91.5 Å². The zero-order valence-electron chi connectivity index (χ0n) is 28.8. The van der Waals surface area contributed by atoms with Crippen molar-refractivity contribution in [2.24, 2.45) is 5.92 Å². The fraction of sp³-hybridized carbons (Fsp3) is 0.286. The second kappa shape index (κ2) is 16.6. The van der Waals surface area contributed by atoms with Crippen LogP contribution in [0.5, 0.6) is 11.5 Å². The Labute approximate surface area is 285 Å². The summed E-state index contributed by atoms with van der Waals surface area (Å²) in [4.78, 5) is 19.6. The molecule has 0 aliphatic carbocycles. The van der Waals surface area contributed by atoms with Gasteiger partial charge in [0.2, 0.25) is 0 Å². The van der Waals surface area contributed by atoms with E-state index in [0.717, 1.165) is 62.9 Å². The van der Waals surface area contributed by atoms with Gasteiger partial charge in [-0.25, -0.2) is 0 Å². The van der Waals surface area contributed by atoms with Crippen LogP contribution in [0.15, 0.2) is 104 Å². The fourth-order valence-electron chi connectivity index (χ4n) is 6.00. The third-order valence-electron chi connectivity index (χ3n) is 8.75. The first-order chi connectivity index (χ1) is 23.5. The Morgan fingerprint density at radius 2 is 1.38 bits per heavy atom. The van der Waals surface area contributed by atoms with E-state index >= 15 is 0 Å². The van der Waals surface area contributed by atoms with Crippen molar-refractivity contribution >= 4 is 18.2 Å². The molecule has 48 heavy (non-hydrogen) atoms. The van der Waals surface area contributed by atoms with Gasteiger partial charge in [0, 0.05) is 35.9 Å². The lowest BCUT2D eigenvalue weighted by Gasteiger charge is -2.32. The van der Waals surface area contributed by atoms with E-state index in [1.54, 1.807) is 19.5 Å². The first-order valence-electron chi connectivity index (χ1n) is 16.9. The topological polar surface area (TPSA) is 70.0 Å². The highest BCUT2D eigenvalue weighted by Crippen LogP contribution is 2.41. The highest BCUT2D eigenvalue weighted by Gasteiger charge is 2.43. The molecule has 0 bridgehead atoms. The summed E-state index contributed by atoms with van der Waals surface area (Å²) >= 11 is 0. The Hall–Kier alpha value is -5.10. The number of ether oxygens (including phenoxy) is 2. The van der Waals surface area contributed by atoms with E-state index in [-0.39, 0.29) is 0 Å². The molecule has 0 saturated carbocycles. The molecule has 4 heterocycles. The van der Waals surface area contributed by atoms with Gasteiger partial charge in [-0.1, -0.05) is 81.7 Å². The van der Waals surface area contributed by atoms with Crippen molar-refractivity contribution in [2.75, 3.05) is 13.7 Å². The molecule has 5 rings (SSSR count). The van der Waals surface area contributed by atoms with Crippen molar-refractivity contribution in [3.63, 3.8) is 0 Å². The van der Waals surface area contributed by atoms with Gasteiger partial charge in [-0.15, -0.1) is 0 Å². The monoisotopic (exact) mass is 638 g/mol. The molecule has 1 atom stereocenters. The second-order valence-electron chi connectivity index (χ2n) is 12.1. The molecule has 1 aromatic carbocycles. The van der Waals surface area contributed by atoms with Gasteiger partial charge in [-0.3, -0.25) is 19.9 Å². The predicted octanol–water partition coefficient (Wildman–Crippen LogP) is 9.77. The van der Waals surface area contributed by atoms with Crippen LogP contribution in [0.3, 0.4) is 0 Å². The van der Waals surface area contributed by atoms with E-state index in [2.05, 4.69) is 50.3 Å². The van der Waals surface area contributed by atoms with Crippen LogP contribution in [0, 0.1) is 12.8 Å². The minimum atomic E-state index is -0.913. The van der Waals surface area contributed by atoms with Crippen molar-refractivity contribution in [3.05, 3.63) is 149 Å². The number of allylic oxidation sites excluding steroid dienone is 1. The van der Waals surface area contributed by atoms with Gasteiger partial charge in [-0.05, 0) is 85.8 Å². The molecular weight excluding hydrogens is 592 g/mol. The van der Waals surface area contributed by atoms with E-state index in [1.165, 1.54) is 19.3 Å². The molecule has 0 aliphatic rings. The zero-order valence-corrected chi connectivity index (χ0v) is 28.8. The summed E-state index contributed by atoms with van der Waals surface area (Å²) in [5.41, 5.74) is 6.24. The predicted molar refractivity (Wildman–Crippen MR) is 196 cm³/mol. The summed E-state index contributed by atoms with van der Waals surface area (Å²) in [6.07, 6.45) is 20.3. The zero-order chi connectivity index (χ0) is 33.8. The summed E-state index contributed by atoms with van der Waals surface area (Å²) in [5.74, 6) is 2.18. The lowest BCUT2D eigenvalue weighted by Crippen LogP contribution is -2.35. The third-order valence-corrected chi connectivity index (χ3v) is 8.75. The molecule has 4 aromatic heterocycles. The smallest absolute Gasteiger partial charge is 0.138 e. The van der Waals surface area contributed by atoms with Crippen molar-refractivity contribution in [3.8, 4) is 11.5 Å². The van der Waals surface area contributed by atoms with Crippen LogP contribution in [0.4, 0.5) is 0 Å². The number of methoxy groups -OCH3 is 1. The van der Waals surface area contributed by atoms with Crippen LogP contribution >= 0.6 is 0 Å². The maximum absolute atomic E-state index is 6.45. The van der Waals surface area contributed by atoms with Crippen LogP contribution < -0.4 is 9.47 Å². The first-order valence-corrected chi connectivity index (χ1v) is 16.9. The number of unbranched alkanes of at least 4 members (excludes halogenated alkanes) is 1. The summed E-state index contributed by atoms with van der Waals surface area (Å²) in [7, 11) is 1.70. The Morgan fingerprint density at radius 1 is 0.729 bits per heavy atom. The largest absolute Gasteiger partial charge is 0.496 e. The number of hydrogen-bond donors (Lipinski definition) is 0. The molecule has 5 aromatic rings. The Bertz CT molecular complexity index is 1740. The molecule has 0 spiro atoms. The second-order valence-corrected chi connectivity index (χ2v) is 12.1. The normalized spacial score (nSPS) is 12.4. The number of aryl methyl sites for hydroxylation is 1. The summed E-state index contributed by atoms with van der Waals surface area (Å²) in [6, 6.07) is 24.2. The van der Waals surface area contributed by atoms with Gasteiger partial charge in [-0.2, -0.15) is 0 Å². The lowest BCUT2D eigenvalue weighted by molar-refractivity contribution is 0.232. The molecule has 6 heteroatoms. The molecule has 246 valence electrons. The van der Waals surface area contributed by atoms with Crippen LogP contribution in [0.25, 0.3) is 18.2 Å². The van der Waals surface area contributed by atoms with Crippen molar-refractivity contribution in [1.29, 1.82) is 0 Å².